The highest BCUT2D eigenvalue weighted by Gasteiger charge is 2.44. The van der Waals surface area contributed by atoms with Gasteiger partial charge in [0, 0.05) is 78.3 Å². The first-order valence-electron chi connectivity index (χ1n) is 26.2. The number of aromatic nitrogens is 7. The van der Waals surface area contributed by atoms with Gasteiger partial charge in [-0.15, -0.1) is 5.10 Å². The molecule has 18 nitrogen and oxygen atoms in total. The molecule has 4 fully saturated rings. The summed E-state index contributed by atoms with van der Waals surface area (Å²) in [6.07, 6.45) is 5.13. The third kappa shape index (κ3) is 10.4. The van der Waals surface area contributed by atoms with Crippen LogP contribution in [0.4, 0.5) is 14.6 Å². The molecule has 3 saturated heterocycles. The zero-order valence-electron chi connectivity index (χ0n) is 43.5. The van der Waals surface area contributed by atoms with Gasteiger partial charge in [-0.25, -0.2) is 13.5 Å². The molecule has 0 spiro atoms. The Kier molecular flexibility index (Phi) is 14.4. The third-order valence-corrected chi connectivity index (χ3v) is 15.2. The monoisotopic (exact) mass is 1050 g/mol. The van der Waals surface area contributed by atoms with Crippen molar-refractivity contribution >= 4 is 39.4 Å². The molecule has 7 aromatic rings. The number of hydrogen-bond acceptors (Lipinski definition) is 14. The zero-order valence-corrected chi connectivity index (χ0v) is 43.5. The number of ether oxygens (including phenoxy) is 3. The second kappa shape index (κ2) is 21.5. The van der Waals surface area contributed by atoms with E-state index < -0.39 is 48.5 Å². The number of fused-ring (bicyclic) bond motifs is 4. The van der Waals surface area contributed by atoms with Crippen LogP contribution in [-0.4, -0.2) is 138 Å². The van der Waals surface area contributed by atoms with E-state index in [1.54, 1.807) is 32.5 Å². The molecule has 1 aliphatic carbocycles. The van der Waals surface area contributed by atoms with Crippen LogP contribution in [-0.2, 0) is 20.9 Å². The second-order valence-corrected chi connectivity index (χ2v) is 21.0. The van der Waals surface area contributed by atoms with Gasteiger partial charge in [-0.05, 0) is 92.0 Å². The van der Waals surface area contributed by atoms with Crippen molar-refractivity contribution in [3.05, 3.63) is 107 Å². The summed E-state index contributed by atoms with van der Waals surface area (Å²) in [7, 11) is 1.63. The molecular formula is C57H61F2N11O7. The summed E-state index contributed by atoms with van der Waals surface area (Å²) >= 11 is 0. The summed E-state index contributed by atoms with van der Waals surface area (Å²) in [5.41, 5.74) is 6.45. The van der Waals surface area contributed by atoms with E-state index in [4.69, 9.17) is 24.2 Å². The van der Waals surface area contributed by atoms with E-state index in [-0.39, 0.29) is 62.0 Å². The summed E-state index contributed by atoms with van der Waals surface area (Å²) in [6, 6.07) is 14.8. The van der Waals surface area contributed by atoms with Crippen molar-refractivity contribution < 1.29 is 42.8 Å². The third-order valence-electron chi connectivity index (χ3n) is 15.2. The molecule has 4 aromatic carbocycles. The molecule has 3 aromatic heterocycles. The molecule has 77 heavy (non-hydrogen) atoms. The number of benzene rings is 4. The molecule has 11 rings (SSSR count). The Labute approximate surface area is 443 Å². The molecular weight excluding hydrogens is 989 g/mol. The molecule has 3 aliphatic heterocycles. The van der Waals surface area contributed by atoms with Gasteiger partial charge in [-0.2, -0.15) is 15.1 Å². The second-order valence-electron chi connectivity index (χ2n) is 21.0. The van der Waals surface area contributed by atoms with Crippen LogP contribution in [0.3, 0.4) is 0 Å². The molecule has 7 atom stereocenters. The van der Waals surface area contributed by atoms with Crippen molar-refractivity contribution in [2.75, 3.05) is 44.9 Å². The quantitative estimate of drug-likeness (QED) is 0.0649. The lowest BCUT2D eigenvalue weighted by Crippen LogP contribution is -2.51. The zero-order chi connectivity index (χ0) is 53.6. The first kappa shape index (κ1) is 51.5. The van der Waals surface area contributed by atoms with Crippen LogP contribution < -0.4 is 25.0 Å². The van der Waals surface area contributed by atoms with E-state index in [1.165, 1.54) is 33.8 Å². The number of aromatic amines is 1. The Bertz CT molecular complexity index is 3430. The SMILES string of the molecule is CO[C@@H](C)COc1nc(N2C[C@@H]3C[C@H]2CN3)c2cc(C3CC3)c(-c3c(C)c(F)cc4[nH]ncc34)c(OCc3ccc(-c4cn([C@H](C(=O)N5C[C@H](O)C[C@H]5C(=O)N[C@H](C#Cc5cccc(F)c5)CO)C(C)C)nn4)cc3)c2n1. The van der Waals surface area contributed by atoms with Crippen molar-refractivity contribution in [1.29, 1.82) is 0 Å². The average Bonchev–Trinajstić information content (AvgIpc) is 4.15. The van der Waals surface area contributed by atoms with E-state index in [0.29, 0.717) is 45.2 Å². The maximum atomic E-state index is 16.1. The van der Waals surface area contributed by atoms with Crippen molar-refractivity contribution in [3.8, 4) is 46.0 Å². The summed E-state index contributed by atoms with van der Waals surface area (Å²) in [5.74, 6) is 4.81. The number of likely N-dealkylation sites (tertiary alicyclic amines) is 1. The van der Waals surface area contributed by atoms with Gasteiger partial charge in [-0.1, -0.05) is 61.2 Å². The largest absolute Gasteiger partial charge is 0.486 e. The maximum absolute atomic E-state index is 16.1. The summed E-state index contributed by atoms with van der Waals surface area (Å²) in [5, 5.41) is 44.9. The molecule has 1 saturated carbocycles. The van der Waals surface area contributed by atoms with Gasteiger partial charge in [0.1, 0.15) is 60.0 Å². The van der Waals surface area contributed by atoms with E-state index in [0.717, 1.165) is 71.2 Å². The molecule has 5 N–H and O–H groups in total. The van der Waals surface area contributed by atoms with Crippen LogP contribution >= 0.6 is 0 Å². The smallest absolute Gasteiger partial charge is 0.319 e. The Morgan fingerprint density at radius 2 is 1.81 bits per heavy atom. The maximum Gasteiger partial charge on any atom is 0.319 e. The van der Waals surface area contributed by atoms with Gasteiger partial charge >= 0.3 is 6.01 Å². The van der Waals surface area contributed by atoms with Crippen LogP contribution in [0.5, 0.6) is 11.8 Å². The van der Waals surface area contributed by atoms with Crippen molar-refractivity contribution in [2.45, 2.75) is 108 Å². The van der Waals surface area contributed by atoms with Crippen molar-refractivity contribution in [1.82, 2.24) is 50.7 Å². The molecule has 400 valence electrons. The number of carbonyl (C=O) groups is 2. The van der Waals surface area contributed by atoms with Crippen molar-refractivity contribution in [2.24, 2.45) is 5.92 Å². The lowest BCUT2D eigenvalue weighted by Gasteiger charge is -2.30. The minimum atomic E-state index is -1.05. The van der Waals surface area contributed by atoms with Gasteiger partial charge in [-0.3, -0.25) is 14.7 Å². The van der Waals surface area contributed by atoms with E-state index in [9.17, 15) is 24.2 Å². The summed E-state index contributed by atoms with van der Waals surface area (Å²) < 4.78 is 50.2. The molecule has 2 bridgehead atoms. The predicted octanol–water partition coefficient (Wildman–Crippen LogP) is 6.13. The minimum absolute atomic E-state index is 0.0194. The molecule has 0 radical (unpaired) electrons. The number of anilines is 1. The number of aliphatic hydroxyl groups excluding tert-OH is 2. The Hall–Kier alpha value is -7.57. The molecule has 6 heterocycles. The number of amides is 2. The number of aliphatic hydroxyl groups is 2. The van der Waals surface area contributed by atoms with E-state index in [2.05, 4.69) is 54.0 Å². The highest BCUT2D eigenvalue weighted by atomic mass is 19.1. The topological polar surface area (TPSA) is 218 Å². The van der Waals surface area contributed by atoms with E-state index >= 15 is 4.39 Å². The van der Waals surface area contributed by atoms with Crippen LogP contribution in [0.25, 0.3) is 44.2 Å². The van der Waals surface area contributed by atoms with Gasteiger partial charge < -0.3 is 44.9 Å². The van der Waals surface area contributed by atoms with Gasteiger partial charge in [0.15, 0.2) is 5.75 Å². The number of H-pyrrole nitrogens is 1. The first-order valence-corrected chi connectivity index (χ1v) is 26.2. The number of methoxy groups -OCH3 is 1. The number of hydrogen-bond donors (Lipinski definition) is 5. The first-order chi connectivity index (χ1) is 37.2. The van der Waals surface area contributed by atoms with Gasteiger partial charge in [0.2, 0.25) is 11.8 Å². The van der Waals surface area contributed by atoms with Crippen LogP contribution in [0.1, 0.15) is 80.7 Å². The van der Waals surface area contributed by atoms with Gasteiger partial charge in [0.25, 0.3) is 0 Å². The highest BCUT2D eigenvalue weighted by Crippen LogP contribution is 2.53. The number of nitrogens with one attached hydrogen (secondary N) is 3. The highest BCUT2D eigenvalue weighted by molar-refractivity contribution is 6.06. The Morgan fingerprint density at radius 1 is 0.987 bits per heavy atom. The lowest BCUT2D eigenvalue weighted by molar-refractivity contribution is -0.142. The number of nitrogens with zero attached hydrogens (tertiary/aromatic N) is 8. The fourth-order valence-electron chi connectivity index (χ4n) is 11.0. The Morgan fingerprint density at radius 3 is 2.52 bits per heavy atom. The number of piperazine rings is 1. The number of rotatable bonds is 17. The van der Waals surface area contributed by atoms with Crippen LogP contribution in [0.2, 0.25) is 0 Å². The summed E-state index contributed by atoms with van der Waals surface area (Å²) in [4.78, 5) is 42.0. The number of β-amino-alcohol motifs (C(OH)–C–C–N with tert-alkyl or cyclic N) is 1. The normalized spacial score (nSPS) is 20.2. The predicted molar refractivity (Wildman–Crippen MR) is 283 cm³/mol. The van der Waals surface area contributed by atoms with Crippen LogP contribution in [0, 0.1) is 36.3 Å². The molecule has 20 heteroatoms. The summed E-state index contributed by atoms with van der Waals surface area (Å²) in [6.45, 7) is 8.76. The standard InChI is InChI=1S/C57H61F2N11O7/c1-30(2)52(56(74)69-25-41(72)19-48(69)55(73)62-38(27-71)16-11-33-7-6-8-37(58)17-33)70-26-47(66-67-70)36-12-9-34(10-13-36)29-76-53-50(49-32(4)45(59)21-46-44(49)23-61-65-46)42(35-14-15-35)20-43-51(53)63-57(77-28-31(3)75-5)64-54(43)68-24-39-18-40(68)22-60-39/h6-10,12-13,17,20-21,23,26,30-31,35,38-41,48,52,60,71-72H,14-15,18-19,22,24-25,27-29H2,1-5H3,(H,61,65)(H,62,73)/t31-,38+,39-,40-,41+,48-,52-/m0/s1. The van der Waals surface area contributed by atoms with Crippen molar-refractivity contribution in [3.63, 3.8) is 0 Å². The average molecular weight is 1050 g/mol. The molecule has 2 amide bonds. The fraction of sp³-hybridized carbons (Fsp3) is 0.421. The minimum Gasteiger partial charge on any atom is -0.486 e. The van der Waals surface area contributed by atoms with Crippen LogP contribution in [0.15, 0.2) is 73.1 Å². The lowest BCUT2D eigenvalue weighted by atomic mass is 9.88. The number of halogens is 2. The Balaban J connectivity index is 0.888. The molecule has 0 unspecified atom stereocenters. The number of carbonyl (C=O) groups excluding carboxylic acids is 2. The molecule has 4 aliphatic rings. The van der Waals surface area contributed by atoms with Gasteiger partial charge in [0.05, 0.1) is 36.7 Å². The fourth-order valence-corrected chi connectivity index (χ4v) is 11.0. The van der Waals surface area contributed by atoms with E-state index in [1.807, 2.05) is 45.0 Å².